The van der Waals surface area contributed by atoms with Gasteiger partial charge in [-0.3, -0.25) is 0 Å². The maximum atomic E-state index is 2.56. The van der Waals surface area contributed by atoms with Crippen LogP contribution in [0.25, 0.3) is 65.3 Å². The highest BCUT2D eigenvalue weighted by atomic mass is 28.3. The van der Waals surface area contributed by atoms with E-state index in [0.29, 0.717) is 0 Å². The van der Waals surface area contributed by atoms with Crippen molar-refractivity contribution in [1.29, 1.82) is 0 Å². The molecule has 8 aromatic carbocycles. The molecule has 0 aliphatic rings. The van der Waals surface area contributed by atoms with Crippen LogP contribution in [0.15, 0.2) is 133 Å². The van der Waals surface area contributed by atoms with Crippen LogP contribution >= 0.6 is 0 Å². The van der Waals surface area contributed by atoms with Gasteiger partial charge in [-0.25, -0.2) is 0 Å². The summed E-state index contributed by atoms with van der Waals surface area (Å²) in [6.45, 7) is 9.79. The van der Waals surface area contributed by atoms with Crippen molar-refractivity contribution in [2.45, 2.75) is 26.9 Å². The topological polar surface area (TPSA) is 0 Å². The van der Waals surface area contributed by atoms with Crippen molar-refractivity contribution in [3.05, 3.63) is 145 Å². The van der Waals surface area contributed by atoms with E-state index >= 15 is 0 Å². The molecule has 0 fully saturated rings. The lowest BCUT2D eigenvalue weighted by molar-refractivity contribution is 1.55. The van der Waals surface area contributed by atoms with Crippen LogP contribution in [0.2, 0.25) is 13.1 Å². The van der Waals surface area contributed by atoms with Crippen LogP contribution in [0.5, 0.6) is 0 Å². The zero-order chi connectivity index (χ0) is 29.3. The molecule has 0 aliphatic carbocycles. The summed E-state index contributed by atoms with van der Waals surface area (Å²) in [5, 5.41) is 13.9. The van der Waals surface area contributed by atoms with Crippen LogP contribution in [-0.4, -0.2) is 8.07 Å². The predicted octanol–water partition coefficient (Wildman–Crippen LogP) is 10.5. The van der Waals surface area contributed by atoms with Gasteiger partial charge in [0, 0.05) is 0 Å². The number of aryl methyl sites for hydroxylation is 2. The van der Waals surface area contributed by atoms with E-state index in [1.165, 1.54) is 76.5 Å². The first-order valence-corrected chi connectivity index (χ1v) is 18.3. The molecule has 208 valence electrons. The number of hydrogen-bond donors (Lipinski definition) is 0. The minimum absolute atomic E-state index is 1.29. The second-order valence-corrected chi connectivity index (χ2v) is 16.9. The molecule has 0 unspecified atom stereocenters. The van der Waals surface area contributed by atoms with Crippen LogP contribution in [0.1, 0.15) is 11.1 Å². The van der Waals surface area contributed by atoms with Crippen LogP contribution in [0.3, 0.4) is 0 Å². The van der Waals surface area contributed by atoms with Crippen LogP contribution in [0.4, 0.5) is 0 Å². The summed E-state index contributed by atoms with van der Waals surface area (Å²) in [5.41, 5.74) is 8.12. The van der Waals surface area contributed by atoms with Crippen molar-refractivity contribution in [1.82, 2.24) is 0 Å². The van der Waals surface area contributed by atoms with Gasteiger partial charge in [-0.05, 0) is 32.7 Å². The number of rotatable bonds is 4. The molecule has 0 atom stereocenters. The highest BCUT2D eigenvalue weighted by Gasteiger charge is 2.27. The maximum Gasteiger partial charge on any atom is 0.0711 e. The largest absolute Gasteiger partial charge is 0.173 e. The number of benzene rings is 6. The fourth-order valence-corrected chi connectivity index (χ4v) is 12.2. The van der Waals surface area contributed by atoms with Gasteiger partial charge in [0.25, 0.3) is 0 Å². The van der Waals surface area contributed by atoms with Crippen molar-refractivity contribution >= 4 is 61.5 Å². The van der Waals surface area contributed by atoms with Gasteiger partial charge in [0.05, 0.1) is 8.07 Å². The van der Waals surface area contributed by atoms with Gasteiger partial charge in [-0.2, -0.15) is 27.6 Å². The zero-order valence-electron chi connectivity index (χ0n) is 25.2. The first kappa shape index (κ1) is 25.9. The molecular formula is C42H34Si-2. The summed E-state index contributed by atoms with van der Waals surface area (Å²) in [4.78, 5) is 0. The first-order valence-electron chi connectivity index (χ1n) is 15.3. The minimum atomic E-state index is -2.12. The molecule has 0 heterocycles. The van der Waals surface area contributed by atoms with Crippen LogP contribution in [0, 0.1) is 13.8 Å². The quantitative estimate of drug-likeness (QED) is 0.147. The Morgan fingerprint density at radius 3 is 1.70 bits per heavy atom. The Morgan fingerprint density at radius 1 is 0.512 bits per heavy atom. The molecule has 43 heavy (non-hydrogen) atoms. The summed E-state index contributed by atoms with van der Waals surface area (Å²) < 4.78 is 0. The Balaban J connectivity index is 1.34. The molecule has 0 N–H and O–H groups in total. The standard InChI is InChI=1S/C42H34Si/c1-27-25-39-35(33-19-9-15-29-13-5-7-17-31(29)33)21-11-23-37(39)41(27)43(3,4)42-28(2)26-40-36(22-12-24-38(40)42)34-20-10-16-30-14-6-8-18-32(30)34/h5-26H,1-4H3/q-2. The first-order chi connectivity index (χ1) is 20.9. The van der Waals surface area contributed by atoms with E-state index in [0.717, 1.165) is 0 Å². The lowest BCUT2D eigenvalue weighted by Crippen LogP contribution is -2.54. The highest BCUT2D eigenvalue weighted by molar-refractivity contribution is 7.03. The second kappa shape index (κ2) is 9.66. The van der Waals surface area contributed by atoms with E-state index in [9.17, 15) is 0 Å². The Kier molecular flexibility index (Phi) is 5.83. The third kappa shape index (κ3) is 3.88. The van der Waals surface area contributed by atoms with E-state index in [4.69, 9.17) is 0 Å². The normalized spacial score (nSPS) is 12.2. The molecule has 0 radical (unpaired) electrons. The molecule has 0 spiro atoms. The average molecular weight is 567 g/mol. The van der Waals surface area contributed by atoms with E-state index in [1.807, 2.05) is 0 Å². The fraction of sp³-hybridized carbons (Fsp3) is 0.0952. The number of hydrogen-bond acceptors (Lipinski definition) is 0. The van der Waals surface area contributed by atoms with Gasteiger partial charge in [0.2, 0.25) is 0 Å². The van der Waals surface area contributed by atoms with Gasteiger partial charge in [-0.1, -0.05) is 141 Å². The second-order valence-electron chi connectivity index (χ2n) is 12.6. The molecule has 0 aromatic heterocycles. The zero-order valence-corrected chi connectivity index (χ0v) is 26.2. The summed E-state index contributed by atoms with van der Waals surface area (Å²) in [6.07, 6.45) is 0. The highest BCUT2D eigenvalue weighted by Crippen LogP contribution is 2.38. The van der Waals surface area contributed by atoms with Crippen LogP contribution in [-0.2, 0) is 0 Å². The summed E-state index contributed by atoms with van der Waals surface area (Å²) in [5.74, 6) is 0. The molecular weight excluding hydrogens is 533 g/mol. The summed E-state index contributed by atoms with van der Waals surface area (Å²) in [6, 6.07) is 49.7. The molecule has 0 nitrogen and oxygen atoms in total. The molecule has 0 amide bonds. The molecule has 0 saturated carbocycles. The predicted molar refractivity (Wildman–Crippen MR) is 191 cm³/mol. The van der Waals surface area contributed by atoms with Gasteiger partial charge >= 0.3 is 0 Å². The van der Waals surface area contributed by atoms with Gasteiger partial charge < -0.3 is 0 Å². The lowest BCUT2D eigenvalue weighted by atomic mass is 9.95. The Hall–Kier alpha value is -4.72. The fourth-order valence-electron chi connectivity index (χ4n) is 8.05. The van der Waals surface area contributed by atoms with Crippen molar-refractivity contribution in [2.75, 3.05) is 0 Å². The third-order valence-corrected chi connectivity index (χ3v) is 13.5. The van der Waals surface area contributed by atoms with Crippen molar-refractivity contribution < 1.29 is 0 Å². The third-order valence-electron chi connectivity index (χ3n) is 9.67. The Bertz CT molecular complexity index is 2160. The summed E-state index contributed by atoms with van der Waals surface area (Å²) in [7, 11) is -2.12. The molecule has 0 bridgehead atoms. The lowest BCUT2D eigenvalue weighted by Gasteiger charge is -2.33. The van der Waals surface area contributed by atoms with E-state index in [-0.39, 0.29) is 0 Å². The Morgan fingerprint density at radius 2 is 1.02 bits per heavy atom. The molecule has 1 heteroatoms. The Labute approximate surface area is 254 Å². The summed E-state index contributed by atoms with van der Waals surface area (Å²) >= 11 is 0. The maximum absolute atomic E-state index is 2.56. The van der Waals surface area contributed by atoms with Crippen molar-refractivity contribution in [2.24, 2.45) is 0 Å². The number of fused-ring (bicyclic) bond motifs is 4. The average Bonchev–Trinajstić information content (AvgIpc) is 3.56. The molecule has 8 aromatic rings. The smallest absolute Gasteiger partial charge is 0.0711 e. The minimum Gasteiger partial charge on any atom is -0.173 e. The van der Waals surface area contributed by atoms with E-state index in [2.05, 4.69) is 160 Å². The van der Waals surface area contributed by atoms with Crippen molar-refractivity contribution in [3.63, 3.8) is 0 Å². The molecule has 0 saturated heterocycles. The molecule has 8 rings (SSSR count). The van der Waals surface area contributed by atoms with Gasteiger partial charge in [0.1, 0.15) is 0 Å². The van der Waals surface area contributed by atoms with E-state index < -0.39 is 8.07 Å². The molecule has 0 aliphatic heterocycles. The SMILES string of the molecule is Cc1cc2c(-c3cccc4ccccc34)ccc[c-]2c1[Si](C)(C)c1c2cccc(-c3cccc4ccccc34)c2c[c-]1C. The van der Waals surface area contributed by atoms with Gasteiger partial charge in [-0.15, -0.1) is 46.5 Å². The van der Waals surface area contributed by atoms with Crippen LogP contribution < -0.4 is 10.4 Å². The van der Waals surface area contributed by atoms with Gasteiger partial charge in [0.15, 0.2) is 0 Å². The van der Waals surface area contributed by atoms with E-state index in [1.54, 1.807) is 10.4 Å². The monoisotopic (exact) mass is 566 g/mol. The van der Waals surface area contributed by atoms with Crippen molar-refractivity contribution in [3.8, 4) is 22.3 Å².